The Morgan fingerprint density at radius 2 is 1.78 bits per heavy atom. The second kappa shape index (κ2) is 3.81. The minimum atomic E-state index is -1.55. The number of halogens is 2. The van der Waals surface area contributed by atoms with E-state index in [-0.39, 0.29) is 5.60 Å². The number of hydrogen-bond acceptors (Lipinski definition) is 1. The van der Waals surface area contributed by atoms with E-state index in [9.17, 15) is 0 Å². The number of ether oxygens (including phenoxy) is 1. The highest BCUT2D eigenvalue weighted by Crippen LogP contribution is 2.08. The van der Waals surface area contributed by atoms with Crippen molar-refractivity contribution < 1.29 is 4.74 Å². The average molecular weight is 187 g/mol. The molecule has 0 saturated heterocycles. The topological polar surface area (TPSA) is 9.23 Å². The van der Waals surface area contributed by atoms with Crippen LogP contribution < -0.4 is 0 Å². The third-order valence-corrected chi connectivity index (χ3v) is 1.82. The molecule has 0 fully saturated rings. The van der Waals surface area contributed by atoms with Gasteiger partial charge in [0.2, 0.25) is 0 Å². The van der Waals surface area contributed by atoms with Gasteiger partial charge in [0.1, 0.15) is 0 Å². The van der Waals surface area contributed by atoms with Gasteiger partial charge < -0.3 is 4.74 Å². The summed E-state index contributed by atoms with van der Waals surface area (Å²) in [4.78, 5) is 0. The molecular weight excluding hydrogens is 175 g/mol. The van der Waals surface area contributed by atoms with Crippen LogP contribution >= 0.6 is 22.2 Å². The van der Waals surface area contributed by atoms with E-state index in [0.29, 0.717) is 6.23 Å². The van der Waals surface area contributed by atoms with Gasteiger partial charge in [0, 0.05) is 0 Å². The lowest BCUT2D eigenvalue weighted by Gasteiger charge is -2.19. The van der Waals surface area contributed by atoms with Crippen LogP contribution in [0.5, 0.6) is 0 Å². The molecule has 0 aromatic carbocycles. The molecule has 0 rings (SSSR count). The van der Waals surface area contributed by atoms with E-state index in [0.717, 1.165) is 0 Å². The Kier molecular flexibility index (Phi) is 4.13. The first-order chi connectivity index (χ1) is 3.92. The summed E-state index contributed by atoms with van der Waals surface area (Å²) < 4.78 is 5.29. The fraction of sp³-hybridized carbons (Fsp3) is 1.00. The Bertz CT molecular complexity index is 79.5. The van der Waals surface area contributed by atoms with Gasteiger partial charge in [-0.2, -0.15) is 0 Å². The van der Waals surface area contributed by atoms with Crippen LogP contribution in [0.1, 0.15) is 20.8 Å². The average Bonchev–Trinajstić information content (AvgIpc) is 1.59. The normalized spacial score (nSPS) is 12.7. The van der Waals surface area contributed by atoms with E-state index in [4.69, 9.17) is 26.9 Å². The Balaban J connectivity index is 3.28. The second-order valence-corrected chi connectivity index (χ2v) is 7.76. The molecule has 0 aromatic rings. The Morgan fingerprint density at radius 3 is 1.89 bits per heavy atom. The Labute approximate surface area is 67.3 Å². The van der Waals surface area contributed by atoms with Crippen molar-refractivity contribution in [3.63, 3.8) is 0 Å². The fourth-order valence-corrected chi connectivity index (χ4v) is 1.32. The Hall–Kier alpha value is 0.757. The molecule has 0 aliphatic rings. The summed E-state index contributed by atoms with van der Waals surface area (Å²) in [6, 6.07) is 0. The van der Waals surface area contributed by atoms with Gasteiger partial charge >= 0.3 is 0 Å². The van der Waals surface area contributed by atoms with E-state index in [1.54, 1.807) is 0 Å². The molecular formula is C5H12Cl2OSi. The first kappa shape index (κ1) is 9.76. The van der Waals surface area contributed by atoms with E-state index in [2.05, 4.69) is 0 Å². The maximum atomic E-state index is 5.56. The van der Waals surface area contributed by atoms with E-state index < -0.39 is 7.42 Å². The van der Waals surface area contributed by atoms with Crippen LogP contribution in [-0.4, -0.2) is 19.2 Å². The molecule has 0 heterocycles. The summed E-state index contributed by atoms with van der Waals surface area (Å²) in [5, 5.41) is 0. The first-order valence-corrected chi connectivity index (χ1v) is 7.15. The van der Waals surface area contributed by atoms with Gasteiger partial charge in [-0.1, -0.05) is 0 Å². The van der Waals surface area contributed by atoms with Crippen molar-refractivity contribution in [2.24, 2.45) is 0 Å². The lowest BCUT2D eigenvalue weighted by molar-refractivity contribution is 0.0250. The summed E-state index contributed by atoms with van der Waals surface area (Å²) in [7, 11) is -1.55. The summed E-state index contributed by atoms with van der Waals surface area (Å²) in [6.45, 7) is 5.95. The SMILES string of the molecule is CC(C)(C)OC[SiH](Cl)Cl. The standard InChI is InChI=1S/C5H12Cl2OSi/c1-5(2,3)8-4-9(6)7/h9H,4H2,1-3H3. The van der Waals surface area contributed by atoms with Gasteiger partial charge in [0.05, 0.1) is 11.8 Å². The molecule has 4 heteroatoms. The molecule has 0 aliphatic heterocycles. The van der Waals surface area contributed by atoms with Crippen molar-refractivity contribution >= 4 is 29.6 Å². The smallest absolute Gasteiger partial charge is 0.261 e. The zero-order valence-corrected chi connectivity index (χ0v) is 8.62. The van der Waals surface area contributed by atoms with Crippen LogP contribution in [-0.2, 0) is 4.74 Å². The third kappa shape index (κ3) is 8.76. The molecule has 1 nitrogen and oxygen atoms in total. The van der Waals surface area contributed by atoms with Crippen molar-refractivity contribution in [2.75, 3.05) is 6.23 Å². The van der Waals surface area contributed by atoms with Crippen LogP contribution in [0, 0.1) is 0 Å². The molecule has 0 radical (unpaired) electrons. The molecule has 0 aromatic heterocycles. The number of rotatable bonds is 2. The van der Waals surface area contributed by atoms with Crippen molar-refractivity contribution in [1.29, 1.82) is 0 Å². The summed E-state index contributed by atoms with van der Waals surface area (Å²) in [6.07, 6.45) is 0.534. The molecule has 0 bridgehead atoms. The van der Waals surface area contributed by atoms with Crippen molar-refractivity contribution in [3.8, 4) is 0 Å². The lowest BCUT2D eigenvalue weighted by Crippen LogP contribution is -2.23. The Morgan fingerprint density at radius 1 is 1.33 bits per heavy atom. The highest BCUT2D eigenvalue weighted by atomic mass is 35.7. The van der Waals surface area contributed by atoms with Gasteiger partial charge in [0.25, 0.3) is 7.42 Å². The molecule has 56 valence electrons. The maximum absolute atomic E-state index is 5.56. The molecule has 0 saturated carbocycles. The molecule has 0 aliphatic carbocycles. The molecule has 9 heavy (non-hydrogen) atoms. The monoisotopic (exact) mass is 186 g/mol. The largest absolute Gasteiger partial charge is 0.377 e. The van der Waals surface area contributed by atoms with Gasteiger partial charge in [-0.05, 0) is 20.8 Å². The first-order valence-electron chi connectivity index (χ1n) is 2.84. The van der Waals surface area contributed by atoms with Crippen molar-refractivity contribution in [2.45, 2.75) is 26.4 Å². The van der Waals surface area contributed by atoms with E-state index in [1.165, 1.54) is 0 Å². The molecule has 0 spiro atoms. The molecule has 0 atom stereocenters. The zero-order valence-electron chi connectivity index (χ0n) is 5.95. The van der Waals surface area contributed by atoms with E-state index in [1.807, 2.05) is 20.8 Å². The van der Waals surface area contributed by atoms with Crippen LogP contribution in [0.2, 0.25) is 0 Å². The van der Waals surface area contributed by atoms with Crippen LogP contribution in [0.25, 0.3) is 0 Å². The predicted octanol–water partition coefficient (Wildman–Crippen LogP) is 2.04. The van der Waals surface area contributed by atoms with Crippen LogP contribution in [0.15, 0.2) is 0 Å². The van der Waals surface area contributed by atoms with Crippen molar-refractivity contribution in [1.82, 2.24) is 0 Å². The van der Waals surface area contributed by atoms with Crippen LogP contribution in [0.3, 0.4) is 0 Å². The summed E-state index contributed by atoms with van der Waals surface area (Å²) >= 11 is 11.1. The summed E-state index contributed by atoms with van der Waals surface area (Å²) in [5.74, 6) is 0. The number of hydrogen-bond donors (Lipinski definition) is 0. The highest BCUT2D eigenvalue weighted by Gasteiger charge is 2.12. The van der Waals surface area contributed by atoms with Gasteiger partial charge in [-0.3, -0.25) is 0 Å². The second-order valence-electron chi connectivity index (χ2n) is 2.81. The highest BCUT2D eigenvalue weighted by molar-refractivity contribution is 7.33. The predicted molar refractivity (Wildman–Crippen MR) is 44.6 cm³/mol. The molecule has 0 N–H and O–H groups in total. The minimum absolute atomic E-state index is 0.102. The summed E-state index contributed by atoms with van der Waals surface area (Å²) in [5.41, 5.74) is -0.102. The van der Waals surface area contributed by atoms with Crippen LogP contribution in [0.4, 0.5) is 0 Å². The third-order valence-electron chi connectivity index (χ3n) is 0.642. The zero-order chi connectivity index (χ0) is 7.49. The van der Waals surface area contributed by atoms with E-state index >= 15 is 0 Å². The molecule has 0 amide bonds. The fourth-order valence-electron chi connectivity index (χ4n) is 0.313. The van der Waals surface area contributed by atoms with Gasteiger partial charge in [-0.15, -0.1) is 22.2 Å². The van der Waals surface area contributed by atoms with Gasteiger partial charge in [-0.25, -0.2) is 0 Å². The minimum Gasteiger partial charge on any atom is -0.377 e. The maximum Gasteiger partial charge on any atom is 0.261 e. The van der Waals surface area contributed by atoms with Gasteiger partial charge in [0.15, 0.2) is 0 Å². The quantitative estimate of drug-likeness (QED) is 0.474. The lowest BCUT2D eigenvalue weighted by atomic mass is 10.2. The molecule has 0 unspecified atom stereocenters. The van der Waals surface area contributed by atoms with Crippen molar-refractivity contribution in [3.05, 3.63) is 0 Å².